The summed E-state index contributed by atoms with van der Waals surface area (Å²) in [5.74, 6) is 0.233. The normalized spacial score (nSPS) is 13.6. The van der Waals surface area contributed by atoms with Crippen LogP contribution in [0.15, 0.2) is 82.8 Å². The van der Waals surface area contributed by atoms with Gasteiger partial charge in [-0.2, -0.15) is 10.5 Å². The summed E-state index contributed by atoms with van der Waals surface area (Å²) in [6, 6.07) is 27.0. The summed E-state index contributed by atoms with van der Waals surface area (Å²) in [6.07, 6.45) is 1.57. The molecule has 4 rings (SSSR count). The lowest BCUT2D eigenvalue weighted by Crippen LogP contribution is -2.49. The molecule has 174 valence electrons. The Bertz CT molecular complexity index is 1320. The summed E-state index contributed by atoms with van der Waals surface area (Å²) in [4.78, 5) is 17.1. The van der Waals surface area contributed by atoms with Gasteiger partial charge in [-0.3, -0.25) is 4.79 Å². The number of nitriles is 2. The van der Waals surface area contributed by atoms with Crippen molar-refractivity contribution in [1.29, 1.82) is 10.5 Å². The molecule has 0 N–H and O–H groups in total. The van der Waals surface area contributed by atoms with Crippen LogP contribution in [0.3, 0.4) is 0 Å². The van der Waals surface area contributed by atoms with E-state index in [0.29, 0.717) is 43.1 Å². The summed E-state index contributed by atoms with van der Waals surface area (Å²) in [5, 5.41) is 19.1. The Hall–Kier alpha value is -4.07. The second-order valence-electron chi connectivity index (χ2n) is 8.02. The highest BCUT2D eigenvalue weighted by atomic mass is 79.9. The zero-order chi connectivity index (χ0) is 24.6. The molecular formula is C28H23BrN4O2. The van der Waals surface area contributed by atoms with Gasteiger partial charge in [-0.25, -0.2) is 0 Å². The van der Waals surface area contributed by atoms with Crippen molar-refractivity contribution in [2.75, 3.05) is 31.1 Å². The van der Waals surface area contributed by atoms with Crippen molar-refractivity contribution in [2.45, 2.75) is 6.61 Å². The lowest BCUT2D eigenvalue weighted by molar-refractivity contribution is -0.126. The number of rotatable bonds is 6. The number of hydrogen-bond donors (Lipinski definition) is 0. The number of piperazine rings is 1. The van der Waals surface area contributed by atoms with E-state index in [1.807, 2.05) is 42.5 Å². The van der Waals surface area contributed by atoms with Gasteiger partial charge in [0.2, 0.25) is 0 Å². The van der Waals surface area contributed by atoms with Crippen LogP contribution in [-0.2, 0) is 11.4 Å². The molecule has 0 radical (unpaired) electrons. The molecule has 1 amide bonds. The first-order valence-corrected chi connectivity index (χ1v) is 12.0. The molecule has 6 nitrogen and oxygen atoms in total. The number of para-hydroxylation sites is 1. The van der Waals surface area contributed by atoms with Crippen LogP contribution in [0.5, 0.6) is 5.75 Å². The minimum Gasteiger partial charge on any atom is -0.488 e. The predicted octanol–water partition coefficient (Wildman–Crippen LogP) is 5.16. The van der Waals surface area contributed by atoms with Gasteiger partial charge in [-0.15, -0.1) is 0 Å². The first-order chi connectivity index (χ1) is 17.1. The molecule has 7 heteroatoms. The highest BCUT2D eigenvalue weighted by Crippen LogP contribution is 2.27. The van der Waals surface area contributed by atoms with Crippen molar-refractivity contribution < 1.29 is 9.53 Å². The van der Waals surface area contributed by atoms with Gasteiger partial charge in [0.15, 0.2) is 0 Å². The van der Waals surface area contributed by atoms with E-state index in [-0.39, 0.29) is 18.1 Å². The predicted molar refractivity (Wildman–Crippen MR) is 138 cm³/mol. The summed E-state index contributed by atoms with van der Waals surface area (Å²) in [6.45, 7) is 2.69. The zero-order valence-corrected chi connectivity index (χ0v) is 20.6. The molecule has 0 unspecified atom stereocenters. The highest BCUT2D eigenvalue weighted by molar-refractivity contribution is 9.10. The Balaban J connectivity index is 1.49. The summed E-state index contributed by atoms with van der Waals surface area (Å²) in [5.41, 5.74) is 3.11. The van der Waals surface area contributed by atoms with Crippen molar-refractivity contribution in [3.05, 3.63) is 99.5 Å². The maximum Gasteiger partial charge on any atom is 0.264 e. The van der Waals surface area contributed by atoms with E-state index in [2.05, 4.69) is 45.1 Å². The number of ether oxygens (including phenoxy) is 1. The van der Waals surface area contributed by atoms with Crippen LogP contribution in [0, 0.1) is 22.7 Å². The SMILES string of the molecule is N#C/C(=C/c1cc(Br)ccc1OCc1ccccc1C#N)C(=O)N1CCN(c2ccccc2)CC1. The van der Waals surface area contributed by atoms with Gasteiger partial charge in [0.25, 0.3) is 5.91 Å². The molecule has 1 aliphatic rings. The fourth-order valence-corrected chi connectivity index (χ4v) is 4.33. The second kappa shape index (κ2) is 11.4. The molecule has 3 aromatic rings. The minimum atomic E-state index is -0.291. The molecule has 3 aromatic carbocycles. The van der Waals surface area contributed by atoms with Crippen LogP contribution in [0.2, 0.25) is 0 Å². The van der Waals surface area contributed by atoms with Crippen molar-refractivity contribution >= 4 is 33.6 Å². The Morgan fingerprint density at radius 1 is 0.971 bits per heavy atom. The second-order valence-corrected chi connectivity index (χ2v) is 8.94. The van der Waals surface area contributed by atoms with Gasteiger partial charge in [0.1, 0.15) is 24.0 Å². The van der Waals surface area contributed by atoms with Gasteiger partial charge in [-0.05, 0) is 42.5 Å². The van der Waals surface area contributed by atoms with Gasteiger partial charge in [0.05, 0.1) is 11.6 Å². The van der Waals surface area contributed by atoms with E-state index in [4.69, 9.17) is 4.74 Å². The molecule has 0 spiro atoms. The Labute approximate surface area is 213 Å². The molecule has 0 saturated carbocycles. The summed E-state index contributed by atoms with van der Waals surface area (Å²) in [7, 11) is 0. The average Bonchev–Trinajstić information content (AvgIpc) is 2.91. The van der Waals surface area contributed by atoms with Crippen LogP contribution in [-0.4, -0.2) is 37.0 Å². The number of benzene rings is 3. The molecule has 1 aliphatic heterocycles. The Kier molecular flexibility index (Phi) is 7.82. The average molecular weight is 527 g/mol. The van der Waals surface area contributed by atoms with Gasteiger partial charge in [-0.1, -0.05) is 52.3 Å². The number of anilines is 1. The van der Waals surface area contributed by atoms with Crippen LogP contribution in [0.1, 0.15) is 16.7 Å². The smallest absolute Gasteiger partial charge is 0.264 e. The van der Waals surface area contributed by atoms with E-state index in [0.717, 1.165) is 15.7 Å². The first-order valence-electron chi connectivity index (χ1n) is 11.2. The quantitative estimate of drug-likeness (QED) is 0.327. The fourth-order valence-electron chi connectivity index (χ4n) is 3.95. The van der Waals surface area contributed by atoms with E-state index >= 15 is 0 Å². The third-order valence-corrected chi connectivity index (χ3v) is 6.32. The van der Waals surface area contributed by atoms with Crippen LogP contribution in [0.25, 0.3) is 6.08 Å². The number of carbonyl (C=O) groups excluding carboxylic acids is 1. The van der Waals surface area contributed by atoms with Crippen LogP contribution in [0.4, 0.5) is 5.69 Å². The maximum atomic E-state index is 13.2. The fraction of sp³-hybridized carbons (Fsp3) is 0.179. The van der Waals surface area contributed by atoms with Crippen molar-refractivity contribution in [3.8, 4) is 17.9 Å². The van der Waals surface area contributed by atoms with Crippen molar-refractivity contribution in [3.63, 3.8) is 0 Å². The molecule has 35 heavy (non-hydrogen) atoms. The van der Waals surface area contributed by atoms with Crippen molar-refractivity contribution in [2.24, 2.45) is 0 Å². The minimum absolute atomic E-state index is 0.0542. The molecule has 0 bridgehead atoms. The highest BCUT2D eigenvalue weighted by Gasteiger charge is 2.24. The summed E-state index contributed by atoms with van der Waals surface area (Å²) < 4.78 is 6.80. The molecule has 0 atom stereocenters. The summed E-state index contributed by atoms with van der Waals surface area (Å²) >= 11 is 3.46. The monoisotopic (exact) mass is 526 g/mol. The number of amides is 1. The molecule has 0 aliphatic carbocycles. The zero-order valence-electron chi connectivity index (χ0n) is 19.0. The van der Waals surface area contributed by atoms with E-state index in [1.165, 1.54) is 0 Å². The number of hydrogen-bond acceptors (Lipinski definition) is 5. The van der Waals surface area contributed by atoms with Crippen LogP contribution < -0.4 is 9.64 Å². The largest absolute Gasteiger partial charge is 0.488 e. The standard InChI is InChI=1S/C28H23BrN4O2/c29-25-10-11-27(35-20-22-7-5-4-6-21(22)18-30)23(17-25)16-24(19-31)28(34)33-14-12-32(13-15-33)26-8-2-1-3-9-26/h1-11,16-17H,12-15,20H2/b24-16-. The topological polar surface area (TPSA) is 80.4 Å². The number of carbonyl (C=O) groups is 1. The molecule has 1 fully saturated rings. The Morgan fingerprint density at radius 2 is 1.69 bits per heavy atom. The van der Waals surface area contributed by atoms with E-state index in [1.54, 1.807) is 29.2 Å². The molecule has 1 saturated heterocycles. The first kappa shape index (κ1) is 24.1. The third-order valence-electron chi connectivity index (χ3n) is 5.83. The molecule has 1 heterocycles. The molecular weight excluding hydrogens is 504 g/mol. The lowest BCUT2D eigenvalue weighted by Gasteiger charge is -2.36. The van der Waals surface area contributed by atoms with Gasteiger partial charge < -0.3 is 14.5 Å². The molecule has 0 aromatic heterocycles. The van der Waals surface area contributed by atoms with Gasteiger partial charge in [0, 0.05) is 47.5 Å². The van der Waals surface area contributed by atoms with Gasteiger partial charge >= 0.3 is 0 Å². The van der Waals surface area contributed by atoms with Crippen molar-refractivity contribution in [1.82, 2.24) is 4.90 Å². The maximum absolute atomic E-state index is 13.2. The van der Waals surface area contributed by atoms with E-state index in [9.17, 15) is 15.3 Å². The van der Waals surface area contributed by atoms with E-state index < -0.39 is 0 Å². The number of nitrogens with zero attached hydrogens (tertiary/aromatic N) is 4. The lowest BCUT2D eigenvalue weighted by atomic mass is 10.1. The van der Waals surface area contributed by atoms with Crippen LogP contribution >= 0.6 is 15.9 Å². The number of halogens is 1. The Morgan fingerprint density at radius 3 is 2.40 bits per heavy atom. The third kappa shape index (κ3) is 5.90.